The summed E-state index contributed by atoms with van der Waals surface area (Å²) in [7, 11) is 1.63. The molecule has 1 aromatic heterocycles. The van der Waals surface area contributed by atoms with Crippen molar-refractivity contribution in [3.05, 3.63) is 64.1 Å². The lowest BCUT2D eigenvalue weighted by molar-refractivity contribution is 0.222. The maximum atomic E-state index is 10.3. The quantitative estimate of drug-likeness (QED) is 0.392. The van der Waals surface area contributed by atoms with Gasteiger partial charge in [0.25, 0.3) is 5.95 Å². The molecule has 2 aromatic carbocycles. The Bertz CT molecular complexity index is 985. The molecular weight excluding hydrogens is 448 g/mol. The summed E-state index contributed by atoms with van der Waals surface area (Å²) in [5.41, 5.74) is 2.09. The van der Waals surface area contributed by atoms with E-state index in [1.807, 2.05) is 62.4 Å². The minimum absolute atomic E-state index is 0.171. The van der Waals surface area contributed by atoms with Crippen LogP contribution in [0.4, 0.5) is 17.8 Å². The van der Waals surface area contributed by atoms with Gasteiger partial charge in [0.15, 0.2) is 0 Å². The number of rotatable bonds is 9. The van der Waals surface area contributed by atoms with E-state index in [1.165, 1.54) is 0 Å². The van der Waals surface area contributed by atoms with Crippen LogP contribution >= 0.6 is 15.9 Å². The Kier molecular flexibility index (Phi) is 7.42. The number of benzene rings is 2. The predicted molar refractivity (Wildman–Crippen MR) is 121 cm³/mol. The Morgan fingerprint density at radius 2 is 1.57 bits per heavy atom. The third kappa shape index (κ3) is 6.04. The molecule has 0 fully saturated rings. The minimum Gasteiger partial charge on any atom is -0.497 e. The molecule has 0 bridgehead atoms. The van der Waals surface area contributed by atoms with Crippen LogP contribution in [0.25, 0.3) is 0 Å². The number of hydrogen-bond acceptors (Lipinski definition) is 8. The minimum atomic E-state index is -0.184. The van der Waals surface area contributed by atoms with Crippen molar-refractivity contribution in [1.82, 2.24) is 15.0 Å². The molecule has 0 aliphatic carbocycles. The van der Waals surface area contributed by atoms with Gasteiger partial charge < -0.3 is 15.4 Å². The first-order valence-electron chi connectivity index (χ1n) is 9.54. The number of nitrogens with one attached hydrogen (secondary N) is 2. The summed E-state index contributed by atoms with van der Waals surface area (Å²) in [6.45, 7) is 4.73. The van der Waals surface area contributed by atoms with Crippen LogP contribution < -0.4 is 20.4 Å². The number of aromatic nitrogens is 3. The van der Waals surface area contributed by atoms with Crippen LogP contribution in [0, 0.1) is 0 Å². The SMILES string of the molecule is COc1cccc(CNc2nc(NCc3cccc(Br)c3)nc(N(O)C(C)C)n2)c1. The van der Waals surface area contributed by atoms with Crippen molar-refractivity contribution in [3.63, 3.8) is 0 Å². The van der Waals surface area contributed by atoms with Gasteiger partial charge in [0.05, 0.1) is 13.2 Å². The molecule has 1 heterocycles. The topological polar surface area (TPSA) is 95.4 Å². The molecule has 0 spiro atoms. The van der Waals surface area contributed by atoms with E-state index in [-0.39, 0.29) is 12.0 Å². The number of hydrogen-bond donors (Lipinski definition) is 3. The van der Waals surface area contributed by atoms with E-state index in [0.717, 1.165) is 26.4 Å². The molecule has 158 valence electrons. The van der Waals surface area contributed by atoms with Gasteiger partial charge in [0, 0.05) is 17.6 Å². The Hall–Kier alpha value is -2.91. The molecule has 3 N–H and O–H groups in total. The van der Waals surface area contributed by atoms with Gasteiger partial charge >= 0.3 is 0 Å². The average molecular weight is 473 g/mol. The highest BCUT2D eigenvalue weighted by Crippen LogP contribution is 2.18. The largest absolute Gasteiger partial charge is 0.497 e. The molecule has 0 saturated heterocycles. The third-order valence-electron chi connectivity index (χ3n) is 4.24. The fourth-order valence-electron chi connectivity index (χ4n) is 2.65. The van der Waals surface area contributed by atoms with Gasteiger partial charge in [0.2, 0.25) is 11.9 Å². The zero-order valence-corrected chi connectivity index (χ0v) is 18.7. The molecule has 0 aliphatic heterocycles. The highest BCUT2D eigenvalue weighted by atomic mass is 79.9. The van der Waals surface area contributed by atoms with Crippen molar-refractivity contribution in [2.45, 2.75) is 33.0 Å². The predicted octanol–water partition coefficient (Wildman–Crippen LogP) is 4.47. The standard InChI is InChI=1S/C21H25BrN6O2/c1-14(2)28(29)21-26-19(23-12-15-6-4-8-17(22)10-15)25-20(27-21)24-13-16-7-5-9-18(11-16)30-3/h4-11,14,29H,12-13H2,1-3H3,(H2,23,24,25,26,27). The maximum absolute atomic E-state index is 10.3. The molecule has 30 heavy (non-hydrogen) atoms. The second-order valence-corrected chi connectivity index (χ2v) is 7.83. The first-order valence-corrected chi connectivity index (χ1v) is 10.3. The number of methoxy groups -OCH3 is 1. The number of nitrogens with zero attached hydrogens (tertiary/aromatic N) is 4. The maximum Gasteiger partial charge on any atom is 0.256 e. The monoisotopic (exact) mass is 472 g/mol. The molecular formula is C21H25BrN6O2. The lowest BCUT2D eigenvalue weighted by Gasteiger charge is -2.20. The summed E-state index contributed by atoms with van der Waals surface area (Å²) in [4.78, 5) is 13.1. The first kappa shape index (κ1) is 21.8. The van der Waals surface area contributed by atoms with Gasteiger partial charge in [-0.05, 0) is 49.2 Å². The van der Waals surface area contributed by atoms with Gasteiger partial charge in [-0.15, -0.1) is 0 Å². The molecule has 0 radical (unpaired) electrons. The lowest BCUT2D eigenvalue weighted by atomic mass is 10.2. The summed E-state index contributed by atoms with van der Waals surface area (Å²) >= 11 is 3.47. The highest BCUT2D eigenvalue weighted by molar-refractivity contribution is 9.10. The first-order chi connectivity index (χ1) is 14.4. The summed E-state index contributed by atoms with van der Waals surface area (Å²) in [6.07, 6.45) is 0. The second kappa shape index (κ2) is 10.2. The van der Waals surface area contributed by atoms with Gasteiger partial charge in [0.1, 0.15) is 5.75 Å². The number of hydroxylamine groups is 1. The summed E-state index contributed by atoms with van der Waals surface area (Å²) in [5.74, 6) is 1.68. The van der Waals surface area contributed by atoms with Crippen molar-refractivity contribution >= 4 is 33.8 Å². The Labute approximate surface area is 184 Å². The van der Waals surface area contributed by atoms with E-state index in [2.05, 4.69) is 41.5 Å². The normalized spacial score (nSPS) is 10.7. The number of ether oxygens (including phenoxy) is 1. The van der Waals surface area contributed by atoms with Crippen molar-refractivity contribution in [2.24, 2.45) is 0 Å². The van der Waals surface area contributed by atoms with Crippen LogP contribution in [0.15, 0.2) is 53.0 Å². The van der Waals surface area contributed by atoms with Crippen LogP contribution in [0.5, 0.6) is 5.75 Å². The number of halogens is 1. The van der Waals surface area contributed by atoms with Crippen molar-refractivity contribution in [3.8, 4) is 5.75 Å². The van der Waals surface area contributed by atoms with Crippen LogP contribution in [0.3, 0.4) is 0 Å². The fraction of sp³-hybridized carbons (Fsp3) is 0.286. The summed E-state index contributed by atoms with van der Waals surface area (Å²) in [5, 5.41) is 17.7. The molecule has 3 aromatic rings. The smallest absolute Gasteiger partial charge is 0.256 e. The van der Waals surface area contributed by atoms with Crippen LogP contribution in [-0.4, -0.2) is 33.3 Å². The van der Waals surface area contributed by atoms with Crippen LogP contribution in [0.2, 0.25) is 0 Å². The van der Waals surface area contributed by atoms with E-state index < -0.39 is 0 Å². The zero-order chi connectivity index (χ0) is 21.5. The molecule has 8 nitrogen and oxygen atoms in total. The van der Waals surface area contributed by atoms with E-state index in [1.54, 1.807) is 7.11 Å². The molecule has 0 aliphatic rings. The Morgan fingerprint density at radius 1 is 0.967 bits per heavy atom. The fourth-order valence-corrected chi connectivity index (χ4v) is 3.09. The third-order valence-corrected chi connectivity index (χ3v) is 4.74. The van der Waals surface area contributed by atoms with E-state index in [9.17, 15) is 5.21 Å². The van der Waals surface area contributed by atoms with Crippen molar-refractivity contribution < 1.29 is 9.94 Å². The van der Waals surface area contributed by atoms with Crippen molar-refractivity contribution in [1.29, 1.82) is 0 Å². The van der Waals surface area contributed by atoms with Crippen molar-refractivity contribution in [2.75, 3.05) is 22.8 Å². The number of anilines is 3. The molecule has 0 amide bonds. The molecule has 3 rings (SSSR count). The molecule has 0 unspecified atom stereocenters. The van der Waals surface area contributed by atoms with Gasteiger partial charge in [-0.3, -0.25) is 5.21 Å². The molecule has 9 heteroatoms. The van der Waals surface area contributed by atoms with Crippen LogP contribution in [0.1, 0.15) is 25.0 Å². The molecule has 0 atom stereocenters. The summed E-state index contributed by atoms with van der Waals surface area (Å²) in [6, 6.07) is 15.5. The second-order valence-electron chi connectivity index (χ2n) is 6.91. The van der Waals surface area contributed by atoms with Gasteiger partial charge in [-0.25, -0.2) is 5.06 Å². The van der Waals surface area contributed by atoms with E-state index in [4.69, 9.17) is 4.74 Å². The van der Waals surface area contributed by atoms with Crippen LogP contribution in [-0.2, 0) is 13.1 Å². The van der Waals surface area contributed by atoms with E-state index in [0.29, 0.717) is 25.0 Å². The lowest BCUT2D eigenvalue weighted by Crippen LogP contribution is -2.29. The highest BCUT2D eigenvalue weighted by Gasteiger charge is 2.15. The Morgan fingerprint density at radius 3 is 2.13 bits per heavy atom. The summed E-state index contributed by atoms with van der Waals surface area (Å²) < 4.78 is 6.26. The van der Waals surface area contributed by atoms with E-state index >= 15 is 0 Å². The molecule has 0 saturated carbocycles. The average Bonchev–Trinajstić information content (AvgIpc) is 2.75. The van der Waals surface area contributed by atoms with Gasteiger partial charge in [-0.2, -0.15) is 15.0 Å². The zero-order valence-electron chi connectivity index (χ0n) is 17.1. The Balaban J connectivity index is 1.78. The van der Waals surface area contributed by atoms with Gasteiger partial charge in [-0.1, -0.05) is 40.2 Å².